The summed E-state index contributed by atoms with van der Waals surface area (Å²) >= 11 is 0. The summed E-state index contributed by atoms with van der Waals surface area (Å²) in [6.07, 6.45) is 3.48. The topological polar surface area (TPSA) is 60.2 Å². The number of hydrogen-bond acceptors (Lipinski definition) is 3. The van der Waals surface area contributed by atoms with Crippen molar-refractivity contribution in [3.63, 3.8) is 0 Å². The summed E-state index contributed by atoms with van der Waals surface area (Å²) in [5.41, 5.74) is 1.44. The Bertz CT molecular complexity index is 526. The molecule has 1 aliphatic carbocycles. The minimum Gasteiger partial charge on any atom is -0.294 e. The second-order valence-corrected chi connectivity index (χ2v) is 5.23. The van der Waals surface area contributed by atoms with Crippen LogP contribution >= 0.6 is 0 Å². The van der Waals surface area contributed by atoms with Gasteiger partial charge in [0.1, 0.15) is 0 Å². The second kappa shape index (κ2) is 4.37. The van der Waals surface area contributed by atoms with Crippen LogP contribution in [0.2, 0.25) is 0 Å². The molecule has 2 rings (SSSR count). The zero-order valence-corrected chi connectivity index (χ0v) is 10.5. The third-order valence-electron chi connectivity index (χ3n) is 3.37. The molecule has 1 aliphatic rings. The number of rotatable bonds is 2. The summed E-state index contributed by atoms with van der Waals surface area (Å²) in [6, 6.07) is 6.25. The molecule has 0 heterocycles. The van der Waals surface area contributed by atoms with Gasteiger partial charge in [0.05, 0.1) is 4.92 Å². The number of non-ortho nitro benzene ring substituents is 1. The molecule has 0 saturated heterocycles. The van der Waals surface area contributed by atoms with Gasteiger partial charge in [-0.05, 0) is 42.2 Å². The van der Waals surface area contributed by atoms with E-state index in [-0.39, 0.29) is 16.9 Å². The first-order valence-electron chi connectivity index (χ1n) is 5.90. The number of nitro benzene ring substituents is 1. The number of nitro groups is 1. The highest BCUT2D eigenvalue weighted by Crippen LogP contribution is 2.37. The van der Waals surface area contributed by atoms with Crippen molar-refractivity contribution in [1.29, 1.82) is 0 Å². The van der Waals surface area contributed by atoms with Crippen molar-refractivity contribution in [2.45, 2.75) is 26.7 Å². The van der Waals surface area contributed by atoms with Gasteiger partial charge >= 0.3 is 0 Å². The number of Topliss-reactive ketones (excluding diaryl/α,β-unsaturated/α-hetero) is 1. The van der Waals surface area contributed by atoms with Crippen molar-refractivity contribution in [3.05, 3.63) is 45.5 Å². The van der Waals surface area contributed by atoms with Crippen molar-refractivity contribution in [3.8, 4) is 0 Å². The van der Waals surface area contributed by atoms with Gasteiger partial charge in [0.15, 0.2) is 5.78 Å². The lowest BCUT2D eigenvalue weighted by molar-refractivity contribution is -0.384. The Morgan fingerprint density at radius 1 is 1.28 bits per heavy atom. The molecule has 0 unspecified atom stereocenters. The minimum absolute atomic E-state index is 0.0650. The van der Waals surface area contributed by atoms with E-state index in [9.17, 15) is 14.9 Å². The number of carbonyl (C=O) groups excluding carboxylic acids is 1. The standard InChI is InChI=1S/C14H15NO3/c1-14(2)8-7-11(13(14)16)9-10-3-5-12(6-4-10)15(17)18/h3-6,9H,7-8H2,1-2H3. The molecule has 0 aliphatic heterocycles. The smallest absolute Gasteiger partial charge is 0.269 e. The Morgan fingerprint density at radius 2 is 1.89 bits per heavy atom. The maximum Gasteiger partial charge on any atom is 0.269 e. The molecule has 0 spiro atoms. The normalized spacial score (nSPS) is 20.3. The average molecular weight is 245 g/mol. The third kappa shape index (κ3) is 2.32. The van der Waals surface area contributed by atoms with Gasteiger partial charge in [0.25, 0.3) is 5.69 Å². The van der Waals surface area contributed by atoms with E-state index in [2.05, 4.69) is 0 Å². The summed E-state index contributed by atoms with van der Waals surface area (Å²) < 4.78 is 0. The fourth-order valence-electron chi connectivity index (χ4n) is 2.14. The highest BCUT2D eigenvalue weighted by Gasteiger charge is 2.36. The summed E-state index contributed by atoms with van der Waals surface area (Å²) in [5.74, 6) is 0.181. The van der Waals surface area contributed by atoms with E-state index < -0.39 is 4.92 Å². The van der Waals surface area contributed by atoms with E-state index in [4.69, 9.17) is 0 Å². The molecular formula is C14H15NO3. The van der Waals surface area contributed by atoms with Crippen LogP contribution in [-0.4, -0.2) is 10.7 Å². The number of nitrogens with zero attached hydrogens (tertiary/aromatic N) is 1. The van der Waals surface area contributed by atoms with Gasteiger partial charge in [-0.1, -0.05) is 13.8 Å². The fraction of sp³-hybridized carbons (Fsp3) is 0.357. The predicted octanol–water partition coefficient (Wildman–Crippen LogP) is 3.37. The van der Waals surface area contributed by atoms with Crippen LogP contribution in [0, 0.1) is 15.5 Å². The van der Waals surface area contributed by atoms with E-state index in [1.54, 1.807) is 12.1 Å². The van der Waals surface area contributed by atoms with Gasteiger partial charge in [-0.2, -0.15) is 0 Å². The first-order valence-corrected chi connectivity index (χ1v) is 5.90. The molecule has 18 heavy (non-hydrogen) atoms. The largest absolute Gasteiger partial charge is 0.294 e. The second-order valence-electron chi connectivity index (χ2n) is 5.23. The molecule has 1 aromatic rings. The third-order valence-corrected chi connectivity index (χ3v) is 3.37. The van der Waals surface area contributed by atoms with Gasteiger partial charge < -0.3 is 0 Å². The molecular weight excluding hydrogens is 230 g/mol. The number of allylic oxidation sites excluding steroid dienone is 1. The van der Waals surface area contributed by atoms with Crippen molar-refractivity contribution < 1.29 is 9.72 Å². The first-order chi connectivity index (χ1) is 8.40. The molecule has 4 heteroatoms. The minimum atomic E-state index is -0.430. The van der Waals surface area contributed by atoms with E-state index in [0.29, 0.717) is 0 Å². The maximum atomic E-state index is 12.0. The van der Waals surface area contributed by atoms with Gasteiger partial charge in [0, 0.05) is 17.5 Å². The predicted molar refractivity (Wildman–Crippen MR) is 69.1 cm³/mol. The Kier molecular flexibility index (Phi) is 3.03. The molecule has 0 radical (unpaired) electrons. The lowest BCUT2D eigenvalue weighted by atomic mass is 9.90. The Labute approximate surface area is 105 Å². The first kappa shape index (κ1) is 12.5. The molecule has 0 bridgehead atoms. The van der Waals surface area contributed by atoms with Gasteiger partial charge in [-0.3, -0.25) is 14.9 Å². The van der Waals surface area contributed by atoms with Crippen molar-refractivity contribution >= 4 is 17.5 Å². The van der Waals surface area contributed by atoms with Crippen molar-refractivity contribution in [2.75, 3.05) is 0 Å². The van der Waals surface area contributed by atoms with E-state index in [0.717, 1.165) is 24.0 Å². The lowest BCUT2D eigenvalue weighted by Crippen LogP contribution is -2.17. The molecule has 1 saturated carbocycles. The lowest BCUT2D eigenvalue weighted by Gasteiger charge is -2.12. The molecule has 0 N–H and O–H groups in total. The zero-order chi connectivity index (χ0) is 13.3. The van der Waals surface area contributed by atoms with Crippen LogP contribution in [0.5, 0.6) is 0 Å². The van der Waals surface area contributed by atoms with Crippen LogP contribution in [0.4, 0.5) is 5.69 Å². The zero-order valence-electron chi connectivity index (χ0n) is 10.5. The van der Waals surface area contributed by atoms with Gasteiger partial charge in [0.2, 0.25) is 0 Å². The van der Waals surface area contributed by atoms with Crippen LogP contribution in [0.1, 0.15) is 32.3 Å². The number of hydrogen-bond donors (Lipinski definition) is 0. The summed E-state index contributed by atoms with van der Waals surface area (Å²) in [5, 5.41) is 10.5. The average Bonchev–Trinajstić information content (AvgIpc) is 2.57. The van der Waals surface area contributed by atoms with Crippen LogP contribution < -0.4 is 0 Å². The fourth-order valence-corrected chi connectivity index (χ4v) is 2.14. The van der Waals surface area contributed by atoms with E-state index in [1.165, 1.54) is 12.1 Å². The molecule has 0 atom stereocenters. The van der Waals surface area contributed by atoms with Gasteiger partial charge in [-0.25, -0.2) is 0 Å². The van der Waals surface area contributed by atoms with Crippen LogP contribution in [-0.2, 0) is 4.79 Å². The van der Waals surface area contributed by atoms with Gasteiger partial charge in [-0.15, -0.1) is 0 Å². The molecule has 1 fully saturated rings. The van der Waals surface area contributed by atoms with E-state index in [1.807, 2.05) is 19.9 Å². The molecule has 0 amide bonds. The van der Waals surface area contributed by atoms with Crippen molar-refractivity contribution in [1.82, 2.24) is 0 Å². The molecule has 94 valence electrons. The molecule has 1 aromatic carbocycles. The SMILES string of the molecule is CC1(C)CCC(=Cc2ccc([N+](=O)[O-])cc2)C1=O. The van der Waals surface area contributed by atoms with Crippen LogP contribution in [0.25, 0.3) is 6.08 Å². The van der Waals surface area contributed by atoms with Crippen LogP contribution in [0.15, 0.2) is 29.8 Å². The highest BCUT2D eigenvalue weighted by molar-refractivity contribution is 6.05. The van der Waals surface area contributed by atoms with E-state index >= 15 is 0 Å². The highest BCUT2D eigenvalue weighted by atomic mass is 16.6. The Balaban J connectivity index is 2.24. The Hall–Kier alpha value is -1.97. The summed E-state index contributed by atoms with van der Waals surface area (Å²) in [7, 11) is 0. The molecule has 4 nitrogen and oxygen atoms in total. The maximum absolute atomic E-state index is 12.0. The number of carbonyl (C=O) groups is 1. The number of ketones is 1. The van der Waals surface area contributed by atoms with Crippen LogP contribution in [0.3, 0.4) is 0 Å². The summed E-state index contributed by atoms with van der Waals surface area (Å²) in [4.78, 5) is 22.1. The monoisotopic (exact) mass is 245 g/mol. The molecule has 0 aromatic heterocycles. The summed E-state index contributed by atoms with van der Waals surface area (Å²) in [6.45, 7) is 3.90. The number of benzene rings is 1. The van der Waals surface area contributed by atoms with Crippen molar-refractivity contribution in [2.24, 2.45) is 5.41 Å². The Morgan fingerprint density at radius 3 is 2.33 bits per heavy atom. The quantitative estimate of drug-likeness (QED) is 0.456.